The number of hydrogen-bond donors (Lipinski definition) is 3. The van der Waals surface area contributed by atoms with Gasteiger partial charge >= 0.3 is 0 Å². The predicted molar refractivity (Wildman–Crippen MR) is 79.3 cm³/mol. The fraction of sp³-hybridized carbons (Fsp3) is 0.692. The smallest absolute Gasteiger partial charge is 0.158 e. The molecule has 7 heteroatoms. The van der Waals surface area contributed by atoms with Crippen molar-refractivity contribution in [2.75, 3.05) is 37.6 Å². The zero-order valence-corrected chi connectivity index (χ0v) is 12.5. The number of methoxy groups -OCH3 is 1. The summed E-state index contributed by atoms with van der Waals surface area (Å²) in [6.07, 6.45) is 0.918. The predicted octanol–water partition coefficient (Wildman–Crippen LogP) is 1.38. The maximum atomic E-state index is 5.52. The molecule has 0 aliphatic heterocycles. The lowest BCUT2D eigenvalue weighted by atomic mass is 10.2. The van der Waals surface area contributed by atoms with Gasteiger partial charge in [0.2, 0.25) is 0 Å². The van der Waals surface area contributed by atoms with Crippen LogP contribution in [0.4, 0.5) is 11.6 Å². The van der Waals surface area contributed by atoms with Gasteiger partial charge in [-0.2, -0.15) is 0 Å². The largest absolute Gasteiger partial charge is 0.381 e. The van der Waals surface area contributed by atoms with Crippen LogP contribution in [0.2, 0.25) is 0 Å². The van der Waals surface area contributed by atoms with E-state index in [1.807, 2.05) is 0 Å². The second-order valence-electron chi connectivity index (χ2n) is 4.88. The van der Waals surface area contributed by atoms with Crippen molar-refractivity contribution in [3.8, 4) is 0 Å². The van der Waals surface area contributed by atoms with E-state index < -0.39 is 0 Å². The van der Waals surface area contributed by atoms with Gasteiger partial charge in [0.25, 0.3) is 0 Å². The number of ether oxygens (including phenoxy) is 2. The highest BCUT2D eigenvalue weighted by molar-refractivity contribution is 5.46. The van der Waals surface area contributed by atoms with Gasteiger partial charge in [-0.1, -0.05) is 13.8 Å². The van der Waals surface area contributed by atoms with E-state index in [2.05, 4.69) is 34.6 Å². The van der Waals surface area contributed by atoms with Crippen molar-refractivity contribution in [3.63, 3.8) is 0 Å². The SMILES string of the molecule is COCc1nc(NN)cc(NCCCOCC(C)C)n1. The minimum Gasteiger partial charge on any atom is -0.381 e. The average Bonchev–Trinajstić information content (AvgIpc) is 2.42. The number of nitrogens with zero attached hydrogens (tertiary/aromatic N) is 2. The number of aromatic nitrogens is 2. The van der Waals surface area contributed by atoms with Crippen LogP contribution in [0.1, 0.15) is 26.1 Å². The van der Waals surface area contributed by atoms with E-state index in [4.69, 9.17) is 15.3 Å². The molecule has 1 rings (SSSR count). The van der Waals surface area contributed by atoms with E-state index in [1.54, 1.807) is 13.2 Å². The van der Waals surface area contributed by atoms with Crippen LogP contribution < -0.4 is 16.6 Å². The Morgan fingerprint density at radius 2 is 2.05 bits per heavy atom. The van der Waals surface area contributed by atoms with E-state index in [-0.39, 0.29) is 0 Å². The van der Waals surface area contributed by atoms with Crippen LogP contribution in [0.5, 0.6) is 0 Å². The summed E-state index contributed by atoms with van der Waals surface area (Å²) in [7, 11) is 1.60. The van der Waals surface area contributed by atoms with Gasteiger partial charge in [0, 0.05) is 32.9 Å². The summed E-state index contributed by atoms with van der Waals surface area (Å²) < 4.78 is 10.5. The molecule has 0 aliphatic rings. The maximum absolute atomic E-state index is 5.52. The number of nitrogens with one attached hydrogen (secondary N) is 2. The second kappa shape index (κ2) is 9.46. The number of anilines is 2. The number of hydrogen-bond acceptors (Lipinski definition) is 7. The first-order valence-corrected chi connectivity index (χ1v) is 6.80. The van der Waals surface area contributed by atoms with Crippen LogP contribution >= 0.6 is 0 Å². The van der Waals surface area contributed by atoms with Gasteiger partial charge in [-0.3, -0.25) is 0 Å². The molecular formula is C13H25N5O2. The van der Waals surface area contributed by atoms with Crippen LogP contribution in [0.15, 0.2) is 6.07 Å². The molecule has 0 radical (unpaired) electrons. The highest BCUT2D eigenvalue weighted by Crippen LogP contribution is 2.11. The Kier molecular flexibility index (Phi) is 7.86. The summed E-state index contributed by atoms with van der Waals surface area (Å²) in [6, 6.07) is 1.76. The van der Waals surface area contributed by atoms with Crippen molar-refractivity contribution in [2.45, 2.75) is 26.9 Å². The van der Waals surface area contributed by atoms with Crippen LogP contribution in [0, 0.1) is 5.92 Å². The zero-order chi connectivity index (χ0) is 14.8. The molecule has 0 bridgehead atoms. The molecule has 0 amide bonds. The van der Waals surface area contributed by atoms with E-state index in [0.29, 0.717) is 24.2 Å². The van der Waals surface area contributed by atoms with Gasteiger partial charge in [-0.05, 0) is 12.3 Å². The lowest BCUT2D eigenvalue weighted by Crippen LogP contribution is -2.14. The number of rotatable bonds is 10. The van der Waals surface area contributed by atoms with Gasteiger partial charge < -0.3 is 20.2 Å². The van der Waals surface area contributed by atoms with Gasteiger partial charge in [0.05, 0.1) is 0 Å². The molecule has 20 heavy (non-hydrogen) atoms. The molecule has 0 aromatic carbocycles. The molecule has 114 valence electrons. The van der Waals surface area contributed by atoms with E-state index >= 15 is 0 Å². The molecule has 0 saturated carbocycles. The number of nitrogens with two attached hydrogens (primary N) is 1. The molecule has 0 saturated heterocycles. The summed E-state index contributed by atoms with van der Waals surface area (Å²) in [5.74, 6) is 7.82. The Bertz CT molecular complexity index is 387. The van der Waals surface area contributed by atoms with Gasteiger partial charge in [-0.15, -0.1) is 0 Å². The standard InChI is InChI=1S/C13H25N5O2/c1-10(2)8-20-6-4-5-15-11-7-12(18-14)17-13(16-11)9-19-3/h7,10H,4-6,8-9,14H2,1-3H3,(H2,15,16,17,18). The summed E-state index contributed by atoms with van der Waals surface area (Å²) in [5.41, 5.74) is 2.52. The Morgan fingerprint density at radius 3 is 2.70 bits per heavy atom. The fourth-order valence-electron chi connectivity index (χ4n) is 1.57. The van der Waals surface area contributed by atoms with Crippen LogP contribution in [-0.4, -0.2) is 36.8 Å². The molecule has 0 aliphatic carbocycles. The second-order valence-corrected chi connectivity index (χ2v) is 4.88. The molecule has 0 atom stereocenters. The minimum absolute atomic E-state index is 0.349. The molecule has 4 N–H and O–H groups in total. The van der Waals surface area contributed by atoms with Crippen LogP contribution in [0.25, 0.3) is 0 Å². The Hall–Kier alpha value is -1.44. The van der Waals surface area contributed by atoms with Crippen molar-refractivity contribution in [1.29, 1.82) is 0 Å². The third-order valence-corrected chi connectivity index (χ3v) is 2.42. The minimum atomic E-state index is 0.349. The van der Waals surface area contributed by atoms with E-state index in [0.717, 1.165) is 32.0 Å². The highest BCUT2D eigenvalue weighted by atomic mass is 16.5. The summed E-state index contributed by atoms with van der Waals surface area (Å²) in [4.78, 5) is 8.52. The summed E-state index contributed by atoms with van der Waals surface area (Å²) >= 11 is 0. The van der Waals surface area contributed by atoms with Crippen molar-refractivity contribution in [1.82, 2.24) is 9.97 Å². The van der Waals surface area contributed by atoms with Crippen molar-refractivity contribution >= 4 is 11.6 Å². The first-order valence-electron chi connectivity index (χ1n) is 6.80. The molecular weight excluding hydrogens is 258 g/mol. The molecule has 7 nitrogen and oxygen atoms in total. The lowest BCUT2D eigenvalue weighted by Gasteiger charge is -2.10. The highest BCUT2D eigenvalue weighted by Gasteiger charge is 2.03. The van der Waals surface area contributed by atoms with Gasteiger partial charge in [-0.25, -0.2) is 15.8 Å². The van der Waals surface area contributed by atoms with E-state index in [1.165, 1.54) is 0 Å². The van der Waals surface area contributed by atoms with Gasteiger partial charge in [0.1, 0.15) is 18.2 Å². The first-order chi connectivity index (χ1) is 9.65. The van der Waals surface area contributed by atoms with Crippen molar-refractivity contribution in [3.05, 3.63) is 11.9 Å². The van der Waals surface area contributed by atoms with Crippen LogP contribution in [0.3, 0.4) is 0 Å². The number of hydrazine groups is 1. The van der Waals surface area contributed by atoms with Crippen molar-refractivity contribution < 1.29 is 9.47 Å². The molecule has 1 heterocycles. The van der Waals surface area contributed by atoms with Gasteiger partial charge in [0.15, 0.2) is 5.82 Å². The summed E-state index contributed by atoms with van der Waals surface area (Å²) in [5, 5.41) is 3.22. The monoisotopic (exact) mass is 283 g/mol. The quantitative estimate of drug-likeness (QED) is 0.339. The van der Waals surface area contributed by atoms with Crippen LogP contribution in [-0.2, 0) is 16.1 Å². The summed E-state index contributed by atoms with van der Waals surface area (Å²) in [6.45, 7) is 6.94. The molecule has 1 aromatic rings. The topological polar surface area (TPSA) is 94.3 Å². The third kappa shape index (κ3) is 6.65. The molecule has 0 spiro atoms. The Labute approximate surface area is 120 Å². The number of nitrogen functional groups attached to an aromatic ring is 1. The normalized spacial score (nSPS) is 10.8. The van der Waals surface area contributed by atoms with E-state index in [9.17, 15) is 0 Å². The molecule has 0 unspecified atom stereocenters. The third-order valence-electron chi connectivity index (χ3n) is 2.42. The van der Waals surface area contributed by atoms with Crippen molar-refractivity contribution in [2.24, 2.45) is 11.8 Å². The zero-order valence-electron chi connectivity index (χ0n) is 12.5. The first kappa shape index (κ1) is 16.6. The molecule has 0 fully saturated rings. The fourth-order valence-corrected chi connectivity index (χ4v) is 1.57. The maximum Gasteiger partial charge on any atom is 0.158 e. The Morgan fingerprint density at radius 1 is 1.30 bits per heavy atom. The lowest BCUT2D eigenvalue weighted by molar-refractivity contribution is 0.110. The Balaban J connectivity index is 2.36. The molecule has 1 aromatic heterocycles. The average molecular weight is 283 g/mol.